The Bertz CT molecular complexity index is 782. The SMILES string of the molecule is CCCCCC(O)c1ccc(N(Cc2ccc(CC)cc2)S(C)(=O)=O)s1. The lowest BCUT2D eigenvalue weighted by Crippen LogP contribution is -2.28. The van der Waals surface area contributed by atoms with E-state index >= 15 is 0 Å². The summed E-state index contributed by atoms with van der Waals surface area (Å²) < 4.78 is 26.1. The second kappa shape index (κ2) is 9.53. The average molecular weight is 396 g/mol. The van der Waals surface area contributed by atoms with E-state index < -0.39 is 16.1 Å². The number of hydrogen-bond donors (Lipinski definition) is 1. The smallest absolute Gasteiger partial charge is 0.233 e. The quantitative estimate of drug-likeness (QED) is 0.583. The fourth-order valence-electron chi connectivity index (χ4n) is 2.79. The molecule has 1 aromatic heterocycles. The van der Waals surface area contributed by atoms with Gasteiger partial charge in [-0.2, -0.15) is 0 Å². The molecular formula is C20H29NO3S2. The highest BCUT2D eigenvalue weighted by atomic mass is 32.2. The molecular weight excluding hydrogens is 366 g/mol. The van der Waals surface area contributed by atoms with Crippen LogP contribution in [0.4, 0.5) is 5.00 Å². The Morgan fingerprint density at radius 3 is 2.27 bits per heavy atom. The third-order valence-electron chi connectivity index (χ3n) is 4.43. The molecule has 0 saturated carbocycles. The predicted molar refractivity (Wildman–Crippen MR) is 110 cm³/mol. The Hall–Kier alpha value is -1.37. The van der Waals surface area contributed by atoms with E-state index in [0.29, 0.717) is 18.0 Å². The Labute approximate surface area is 161 Å². The third kappa shape index (κ3) is 5.83. The average Bonchev–Trinajstić information content (AvgIpc) is 3.09. The number of aliphatic hydroxyl groups is 1. The van der Waals surface area contributed by atoms with Gasteiger partial charge in [0.05, 0.1) is 18.9 Å². The summed E-state index contributed by atoms with van der Waals surface area (Å²) in [5, 5.41) is 11.0. The van der Waals surface area contributed by atoms with Gasteiger partial charge < -0.3 is 5.11 Å². The van der Waals surface area contributed by atoms with Gasteiger partial charge >= 0.3 is 0 Å². The number of thiophene rings is 1. The van der Waals surface area contributed by atoms with Crippen LogP contribution in [0.15, 0.2) is 36.4 Å². The van der Waals surface area contributed by atoms with E-state index in [9.17, 15) is 13.5 Å². The number of aryl methyl sites for hydroxylation is 1. The first kappa shape index (κ1) is 20.9. The van der Waals surface area contributed by atoms with Crippen LogP contribution in [0.2, 0.25) is 0 Å². The highest BCUT2D eigenvalue weighted by Crippen LogP contribution is 2.34. The van der Waals surface area contributed by atoms with Crippen molar-refractivity contribution < 1.29 is 13.5 Å². The Morgan fingerprint density at radius 2 is 1.69 bits per heavy atom. The molecule has 2 rings (SSSR count). The van der Waals surface area contributed by atoms with Gasteiger partial charge in [0.1, 0.15) is 5.00 Å². The van der Waals surface area contributed by atoms with Crippen LogP contribution in [0, 0.1) is 0 Å². The molecule has 1 atom stereocenters. The van der Waals surface area contributed by atoms with Gasteiger partial charge in [-0.15, -0.1) is 11.3 Å². The monoisotopic (exact) mass is 395 g/mol. The number of anilines is 1. The fraction of sp³-hybridized carbons (Fsp3) is 0.500. The van der Waals surface area contributed by atoms with Crippen LogP contribution >= 0.6 is 11.3 Å². The molecule has 4 nitrogen and oxygen atoms in total. The number of sulfonamides is 1. The summed E-state index contributed by atoms with van der Waals surface area (Å²) in [7, 11) is -3.40. The van der Waals surface area contributed by atoms with Crippen molar-refractivity contribution in [2.45, 2.75) is 58.6 Å². The topological polar surface area (TPSA) is 57.6 Å². The third-order valence-corrected chi connectivity index (χ3v) is 6.88. The maximum absolute atomic E-state index is 12.3. The molecule has 26 heavy (non-hydrogen) atoms. The zero-order chi connectivity index (χ0) is 19.2. The predicted octanol–water partition coefficient (Wildman–Crippen LogP) is 4.89. The summed E-state index contributed by atoms with van der Waals surface area (Å²) in [6, 6.07) is 11.7. The van der Waals surface area contributed by atoms with E-state index in [1.807, 2.05) is 30.3 Å². The van der Waals surface area contributed by atoms with Crippen molar-refractivity contribution in [3.8, 4) is 0 Å². The van der Waals surface area contributed by atoms with Gasteiger partial charge in [0.15, 0.2) is 0 Å². The van der Waals surface area contributed by atoms with E-state index in [-0.39, 0.29) is 0 Å². The van der Waals surface area contributed by atoms with Gasteiger partial charge in [-0.05, 0) is 36.1 Å². The van der Waals surface area contributed by atoms with Gasteiger partial charge in [-0.25, -0.2) is 8.42 Å². The molecule has 0 radical (unpaired) electrons. The first-order valence-corrected chi connectivity index (χ1v) is 11.8. The summed E-state index contributed by atoms with van der Waals surface area (Å²) in [4.78, 5) is 0.825. The minimum absolute atomic E-state index is 0.300. The summed E-state index contributed by atoms with van der Waals surface area (Å²) in [6.45, 7) is 4.53. The van der Waals surface area contributed by atoms with Crippen molar-refractivity contribution >= 4 is 26.4 Å². The van der Waals surface area contributed by atoms with Gasteiger partial charge in [-0.1, -0.05) is 57.4 Å². The van der Waals surface area contributed by atoms with Gasteiger partial charge in [0.25, 0.3) is 0 Å². The van der Waals surface area contributed by atoms with Crippen molar-refractivity contribution in [3.63, 3.8) is 0 Å². The molecule has 1 N–H and O–H groups in total. The van der Waals surface area contributed by atoms with Crippen LogP contribution < -0.4 is 4.31 Å². The first-order valence-electron chi connectivity index (χ1n) is 9.18. The number of aliphatic hydroxyl groups excluding tert-OH is 1. The number of nitrogens with zero attached hydrogens (tertiary/aromatic N) is 1. The van der Waals surface area contributed by atoms with Crippen LogP contribution in [0.25, 0.3) is 0 Å². The number of rotatable bonds is 10. The van der Waals surface area contributed by atoms with Crippen molar-refractivity contribution in [1.82, 2.24) is 0 Å². The fourth-order valence-corrected chi connectivity index (χ4v) is 5.01. The minimum atomic E-state index is -3.40. The molecule has 0 aliphatic carbocycles. The Morgan fingerprint density at radius 1 is 1.04 bits per heavy atom. The molecule has 144 valence electrons. The molecule has 1 unspecified atom stereocenters. The van der Waals surface area contributed by atoms with E-state index in [0.717, 1.165) is 36.1 Å². The highest BCUT2D eigenvalue weighted by Gasteiger charge is 2.21. The molecule has 0 aliphatic rings. The first-order chi connectivity index (χ1) is 12.3. The molecule has 6 heteroatoms. The largest absolute Gasteiger partial charge is 0.388 e. The summed E-state index contributed by atoms with van der Waals surface area (Å²) in [5.41, 5.74) is 2.18. The molecule has 0 bridgehead atoms. The van der Waals surface area contributed by atoms with Crippen LogP contribution in [-0.4, -0.2) is 19.8 Å². The second-order valence-corrected chi connectivity index (χ2v) is 9.63. The molecule has 0 spiro atoms. The molecule has 1 aromatic carbocycles. The van der Waals surface area contributed by atoms with Crippen LogP contribution in [0.3, 0.4) is 0 Å². The zero-order valence-electron chi connectivity index (χ0n) is 15.8. The van der Waals surface area contributed by atoms with E-state index in [2.05, 4.69) is 13.8 Å². The van der Waals surface area contributed by atoms with Crippen LogP contribution in [0.5, 0.6) is 0 Å². The van der Waals surface area contributed by atoms with Crippen molar-refractivity contribution in [1.29, 1.82) is 0 Å². The lowest BCUT2D eigenvalue weighted by Gasteiger charge is -2.21. The van der Waals surface area contributed by atoms with E-state index in [1.54, 1.807) is 6.07 Å². The van der Waals surface area contributed by atoms with E-state index in [1.165, 1.54) is 27.5 Å². The van der Waals surface area contributed by atoms with Crippen molar-refractivity contribution in [3.05, 3.63) is 52.4 Å². The summed E-state index contributed by atoms with van der Waals surface area (Å²) >= 11 is 1.36. The Kier molecular flexibility index (Phi) is 7.68. The van der Waals surface area contributed by atoms with Crippen molar-refractivity contribution in [2.75, 3.05) is 10.6 Å². The molecule has 0 aliphatic heterocycles. The molecule has 0 saturated heterocycles. The van der Waals surface area contributed by atoms with E-state index in [4.69, 9.17) is 0 Å². The molecule has 2 aromatic rings. The maximum Gasteiger partial charge on any atom is 0.233 e. The van der Waals surface area contributed by atoms with Gasteiger partial charge in [0, 0.05) is 4.88 Å². The summed E-state index contributed by atoms with van der Waals surface area (Å²) in [5.74, 6) is 0. The minimum Gasteiger partial charge on any atom is -0.388 e. The highest BCUT2D eigenvalue weighted by molar-refractivity contribution is 7.92. The standard InChI is InChI=1S/C20H29NO3S2/c1-4-6-7-8-18(22)19-13-14-20(25-19)21(26(3,23)24)15-17-11-9-16(5-2)10-12-17/h9-14,18,22H,4-8,15H2,1-3H3. The normalized spacial score (nSPS) is 12.9. The van der Waals surface area contributed by atoms with Crippen LogP contribution in [0.1, 0.15) is 61.6 Å². The lowest BCUT2D eigenvalue weighted by molar-refractivity contribution is 0.167. The van der Waals surface area contributed by atoms with Gasteiger partial charge in [-0.3, -0.25) is 4.31 Å². The van der Waals surface area contributed by atoms with Crippen molar-refractivity contribution in [2.24, 2.45) is 0 Å². The maximum atomic E-state index is 12.3. The molecule has 0 amide bonds. The summed E-state index contributed by atoms with van der Waals surface area (Å²) in [6.07, 6.45) is 5.56. The number of benzene rings is 1. The Balaban J connectivity index is 2.17. The molecule has 0 fully saturated rings. The number of unbranched alkanes of at least 4 members (excludes halogenated alkanes) is 2. The zero-order valence-corrected chi connectivity index (χ0v) is 17.4. The number of hydrogen-bond acceptors (Lipinski definition) is 4. The lowest BCUT2D eigenvalue weighted by atomic mass is 10.1. The molecule has 1 heterocycles. The second-order valence-electron chi connectivity index (χ2n) is 6.63. The van der Waals surface area contributed by atoms with Crippen LogP contribution in [-0.2, 0) is 23.0 Å². The van der Waals surface area contributed by atoms with Gasteiger partial charge in [0.2, 0.25) is 10.0 Å².